The number of carbonyl (C=O) groups excluding carboxylic acids is 1. The van der Waals surface area contributed by atoms with Crippen molar-refractivity contribution in [2.75, 3.05) is 6.54 Å². The molecule has 0 aromatic rings. The number of carboxylic acids is 1. The van der Waals surface area contributed by atoms with E-state index in [1.807, 2.05) is 0 Å². The molecule has 0 unspecified atom stereocenters. The molecule has 0 heterocycles. The minimum Gasteiger partial charge on any atom is -0.481 e. The zero-order chi connectivity index (χ0) is 10.6. The van der Waals surface area contributed by atoms with Crippen molar-refractivity contribution < 1.29 is 14.7 Å². The number of aliphatic carboxylic acids is 1. The molecule has 1 amide bonds. The van der Waals surface area contributed by atoms with Gasteiger partial charge in [-0.1, -0.05) is 6.92 Å². The Hall–Kier alpha value is -1.06. The number of carbonyl (C=O) groups is 2. The van der Waals surface area contributed by atoms with E-state index in [4.69, 9.17) is 5.11 Å². The summed E-state index contributed by atoms with van der Waals surface area (Å²) in [6.07, 6.45) is 3.19. The fourth-order valence-electron chi connectivity index (χ4n) is 1.19. The Kier molecular flexibility index (Phi) is 3.49. The first-order valence-corrected chi connectivity index (χ1v) is 5.00. The topological polar surface area (TPSA) is 66.4 Å². The highest BCUT2D eigenvalue weighted by molar-refractivity contribution is 5.76. The molecular weight excluding hydrogens is 182 g/mol. The lowest BCUT2D eigenvalue weighted by atomic mass is 10.1. The van der Waals surface area contributed by atoms with Crippen molar-refractivity contribution in [2.45, 2.75) is 39.0 Å². The highest BCUT2D eigenvalue weighted by Gasteiger charge is 2.37. The second kappa shape index (κ2) is 4.44. The number of hydrogen-bond acceptors (Lipinski definition) is 2. The van der Waals surface area contributed by atoms with Crippen LogP contribution in [-0.2, 0) is 9.59 Å². The van der Waals surface area contributed by atoms with Gasteiger partial charge in [-0.05, 0) is 24.7 Å². The van der Waals surface area contributed by atoms with Crippen LogP contribution in [0.4, 0.5) is 0 Å². The molecule has 1 aliphatic carbocycles. The number of amides is 1. The van der Waals surface area contributed by atoms with Crippen LogP contribution < -0.4 is 5.32 Å². The van der Waals surface area contributed by atoms with Gasteiger partial charge in [-0.2, -0.15) is 0 Å². The van der Waals surface area contributed by atoms with E-state index < -0.39 is 5.97 Å². The number of rotatable bonds is 6. The molecule has 1 saturated carbocycles. The van der Waals surface area contributed by atoms with E-state index in [-0.39, 0.29) is 12.3 Å². The van der Waals surface area contributed by atoms with Gasteiger partial charge in [0.15, 0.2) is 0 Å². The molecule has 80 valence electrons. The summed E-state index contributed by atoms with van der Waals surface area (Å²) in [6.45, 7) is 2.88. The van der Waals surface area contributed by atoms with Gasteiger partial charge in [0.1, 0.15) is 0 Å². The summed E-state index contributed by atoms with van der Waals surface area (Å²) in [5, 5.41) is 11.2. The summed E-state index contributed by atoms with van der Waals surface area (Å²) in [4.78, 5) is 21.4. The lowest BCUT2D eigenvalue weighted by Gasteiger charge is -2.09. The Bertz CT molecular complexity index is 234. The monoisotopic (exact) mass is 199 g/mol. The van der Waals surface area contributed by atoms with Crippen LogP contribution in [0.2, 0.25) is 0 Å². The van der Waals surface area contributed by atoms with Crippen LogP contribution in [0.5, 0.6) is 0 Å². The molecule has 4 nitrogen and oxygen atoms in total. The van der Waals surface area contributed by atoms with E-state index in [1.165, 1.54) is 12.8 Å². The van der Waals surface area contributed by atoms with Gasteiger partial charge in [-0.3, -0.25) is 9.59 Å². The average molecular weight is 199 g/mol. The van der Waals surface area contributed by atoms with Crippen molar-refractivity contribution in [3.05, 3.63) is 0 Å². The first-order chi connectivity index (χ1) is 6.52. The first kappa shape index (κ1) is 11.0. The molecular formula is C10H17NO3. The van der Waals surface area contributed by atoms with Crippen LogP contribution in [0.3, 0.4) is 0 Å². The maximum absolute atomic E-state index is 11.2. The van der Waals surface area contributed by atoms with Crippen molar-refractivity contribution in [1.82, 2.24) is 5.32 Å². The Balaban J connectivity index is 2.01. The minimum atomic E-state index is -0.841. The van der Waals surface area contributed by atoms with E-state index in [1.54, 1.807) is 0 Å². The van der Waals surface area contributed by atoms with Gasteiger partial charge in [0.2, 0.25) is 5.91 Å². The van der Waals surface area contributed by atoms with Crippen LogP contribution in [0.1, 0.15) is 39.0 Å². The van der Waals surface area contributed by atoms with E-state index in [0.717, 1.165) is 6.54 Å². The summed E-state index contributed by atoms with van der Waals surface area (Å²) in [6, 6.07) is 0. The van der Waals surface area contributed by atoms with Gasteiger partial charge in [0.25, 0.3) is 0 Å². The highest BCUT2D eigenvalue weighted by atomic mass is 16.4. The Labute approximate surface area is 83.7 Å². The summed E-state index contributed by atoms with van der Waals surface area (Å²) >= 11 is 0. The zero-order valence-electron chi connectivity index (χ0n) is 8.51. The number of nitrogens with one attached hydrogen (secondary N) is 1. The van der Waals surface area contributed by atoms with Crippen LogP contribution in [0.15, 0.2) is 0 Å². The summed E-state index contributed by atoms with van der Waals surface area (Å²) in [7, 11) is 0. The van der Waals surface area contributed by atoms with Gasteiger partial charge in [-0.15, -0.1) is 0 Å². The third kappa shape index (κ3) is 4.25. The predicted octanol–water partition coefficient (Wildman–Crippen LogP) is 1.16. The molecule has 14 heavy (non-hydrogen) atoms. The van der Waals surface area contributed by atoms with Crippen LogP contribution >= 0.6 is 0 Å². The summed E-state index contributed by atoms with van der Waals surface area (Å²) in [5.41, 5.74) is 0.322. The van der Waals surface area contributed by atoms with Crippen molar-refractivity contribution in [3.63, 3.8) is 0 Å². The van der Waals surface area contributed by atoms with E-state index >= 15 is 0 Å². The van der Waals surface area contributed by atoms with Crippen LogP contribution in [-0.4, -0.2) is 23.5 Å². The third-order valence-electron chi connectivity index (χ3n) is 2.61. The zero-order valence-corrected chi connectivity index (χ0v) is 8.51. The molecule has 4 heteroatoms. The minimum absolute atomic E-state index is 0.0284. The van der Waals surface area contributed by atoms with Gasteiger partial charge in [-0.25, -0.2) is 0 Å². The maximum Gasteiger partial charge on any atom is 0.303 e. The molecule has 0 aromatic carbocycles. The Morgan fingerprint density at radius 3 is 2.50 bits per heavy atom. The Morgan fingerprint density at radius 2 is 2.00 bits per heavy atom. The van der Waals surface area contributed by atoms with Gasteiger partial charge in [0, 0.05) is 19.4 Å². The fourth-order valence-corrected chi connectivity index (χ4v) is 1.19. The van der Waals surface area contributed by atoms with Gasteiger partial charge >= 0.3 is 5.97 Å². The fraction of sp³-hybridized carbons (Fsp3) is 0.800. The second-order valence-electron chi connectivity index (χ2n) is 4.33. The first-order valence-electron chi connectivity index (χ1n) is 5.00. The van der Waals surface area contributed by atoms with E-state index in [9.17, 15) is 9.59 Å². The normalized spacial score (nSPS) is 17.5. The highest BCUT2D eigenvalue weighted by Crippen LogP contribution is 2.43. The molecule has 2 N–H and O–H groups in total. The number of hydrogen-bond donors (Lipinski definition) is 2. The Morgan fingerprint density at radius 1 is 1.36 bits per heavy atom. The van der Waals surface area contributed by atoms with Crippen molar-refractivity contribution >= 4 is 11.9 Å². The van der Waals surface area contributed by atoms with Crippen LogP contribution in [0, 0.1) is 5.41 Å². The standard InChI is InChI=1S/C10H17NO3/c1-10(5-6-10)7-11-8(12)3-2-4-9(13)14/h2-7H2,1H3,(H,11,12)(H,13,14). The van der Waals surface area contributed by atoms with E-state index in [0.29, 0.717) is 18.3 Å². The van der Waals surface area contributed by atoms with Crippen molar-refractivity contribution in [2.24, 2.45) is 5.41 Å². The molecule has 0 radical (unpaired) electrons. The van der Waals surface area contributed by atoms with Crippen molar-refractivity contribution in [3.8, 4) is 0 Å². The molecule has 0 bridgehead atoms. The SMILES string of the molecule is CC1(CNC(=O)CCCC(=O)O)CC1. The van der Waals surface area contributed by atoms with Gasteiger partial charge in [0.05, 0.1) is 0 Å². The quantitative estimate of drug-likeness (QED) is 0.674. The molecule has 1 aliphatic rings. The molecule has 0 aromatic heterocycles. The molecule has 0 saturated heterocycles. The molecule has 1 rings (SSSR count). The summed E-state index contributed by atoms with van der Waals surface area (Å²) in [5.74, 6) is -0.869. The third-order valence-corrected chi connectivity index (χ3v) is 2.61. The molecule has 0 aliphatic heterocycles. The number of carboxylic acid groups (broad SMARTS) is 1. The maximum atomic E-state index is 11.2. The van der Waals surface area contributed by atoms with E-state index in [2.05, 4.69) is 12.2 Å². The van der Waals surface area contributed by atoms with Gasteiger partial charge < -0.3 is 10.4 Å². The van der Waals surface area contributed by atoms with Crippen LogP contribution in [0.25, 0.3) is 0 Å². The lowest BCUT2D eigenvalue weighted by molar-refractivity contribution is -0.137. The average Bonchev–Trinajstić information content (AvgIpc) is 2.81. The molecule has 0 atom stereocenters. The molecule has 1 fully saturated rings. The summed E-state index contributed by atoms with van der Waals surface area (Å²) < 4.78 is 0. The predicted molar refractivity (Wildman–Crippen MR) is 51.8 cm³/mol. The second-order valence-corrected chi connectivity index (χ2v) is 4.33. The lowest BCUT2D eigenvalue weighted by Crippen LogP contribution is -2.28. The smallest absolute Gasteiger partial charge is 0.303 e. The van der Waals surface area contributed by atoms with Crippen molar-refractivity contribution in [1.29, 1.82) is 0 Å². The molecule has 0 spiro atoms. The largest absolute Gasteiger partial charge is 0.481 e.